The highest BCUT2D eigenvalue weighted by Crippen LogP contribution is 2.38. The molecule has 1 aliphatic heterocycles. The van der Waals surface area contributed by atoms with Gasteiger partial charge in [0.25, 0.3) is 0 Å². The van der Waals surface area contributed by atoms with E-state index in [0.717, 1.165) is 12.8 Å². The van der Waals surface area contributed by atoms with Crippen molar-refractivity contribution in [3.63, 3.8) is 0 Å². The zero-order chi connectivity index (χ0) is 14.4. The van der Waals surface area contributed by atoms with E-state index in [2.05, 4.69) is 10.1 Å². The van der Waals surface area contributed by atoms with Gasteiger partial charge in [-0.1, -0.05) is 5.16 Å². The van der Waals surface area contributed by atoms with Crippen molar-refractivity contribution in [3.8, 4) is 0 Å². The van der Waals surface area contributed by atoms with Crippen LogP contribution >= 0.6 is 0 Å². The average Bonchev–Trinajstić information content (AvgIpc) is 3.19. The number of carbonyl (C=O) groups is 2. The number of amides is 2. The first kappa shape index (κ1) is 13.1. The third kappa shape index (κ3) is 2.07. The molecule has 0 spiro atoms. The van der Waals surface area contributed by atoms with E-state index < -0.39 is 12.1 Å². The van der Waals surface area contributed by atoms with E-state index in [1.54, 1.807) is 20.9 Å². The van der Waals surface area contributed by atoms with Crippen LogP contribution in [0.15, 0.2) is 4.52 Å². The van der Waals surface area contributed by atoms with Gasteiger partial charge in [0.15, 0.2) is 5.82 Å². The van der Waals surface area contributed by atoms with Gasteiger partial charge in [-0.25, -0.2) is 0 Å². The molecule has 0 bridgehead atoms. The van der Waals surface area contributed by atoms with E-state index in [4.69, 9.17) is 4.52 Å². The maximum Gasteiger partial charge on any atom is 0.246 e. The van der Waals surface area contributed by atoms with Crippen molar-refractivity contribution in [2.75, 3.05) is 7.05 Å². The van der Waals surface area contributed by atoms with Gasteiger partial charge in [-0.15, -0.1) is 0 Å². The summed E-state index contributed by atoms with van der Waals surface area (Å²) >= 11 is 0. The van der Waals surface area contributed by atoms with Crippen LogP contribution in [0.5, 0.6) is 0 Å². The van der Waals surface area contributed by atoms with Crippen molar-refractivity contribution in [1.82, 2.24) is 19.9 Å². The molecule has 108 valence electrons. The number of hydrogen-bond donors (Lipinski definition) is 0. The van der Waals surface area contributed by atoms with E-state index >= 15 is 0 Å². The topological polar surface area (TPSA) is 79.5 Å². The summed E-state index contributed by atoms with van der Waals surface area (Å²) in [5.41, 5.74) is 0. The molecule has 2 fully saturated rings. The van der Waals surface area contributed by atoms with E-state index in [1.807, 2.05) is 0 Å². The molecule has 1 aliphatic carbocycles. The van der Waals surface area contributed by atoms with Crippen LogP contribution in [0.2, 0.25) is 0 Å². The van der Waals surface area contributed by atoms with E-state index in [-0.39, 0.29) is 18.4 Å². The number of rotatable bonds is 3. The highest BCUT2D eigenvalue weighted by atomic mass is 16.5. The van der Waals surface area contributed by atoms with Crippen molar-refractivity contribution >= 4 is 11.8 Å². The van der Waals surface area contributed by atoms with Crippen molar-refractivity contribution < 1.29 is 14.1 Å². The molecule has 1 saturated heterocycles. The zero-order valence-corrected chi connectivity index (χ0v) is 11.9. The largest absolute Gasteiger partial charge is 0.337 e. The molecule has 2 amide bonds. The Balaban J connectivity index is 1.77. The van der Waals surface area contributed by atoms with Crippen LogP contribution in [-0.2, 0) is 16.1 Å². The lowest BCUT2D eigenvalue weighted by atomic mass is 10.1. The van der Waals surface area contributed by atoms with Gasteiger partial charge >= 0.3 is 0 Å². The fourth-order valence-corrected chi connectivity index (χ4v) is 2.42. The third-order valence-electron chi connectivity index (χ3n) is 4.13. The standard InChI is InChI=1S/C13H18N4O3/c1-7-13(19)17(8(2)12(18)16(7)3)6-10-14-11(15-20-10)9-4-5-9/h7-9H,4-6H2,1-3H3/t7-,8-/m0/s1. The predicted molar refractivity (Wildman–Crippen MR) is 68.5 cm³/mol. The summed E-state index contributed by atoms with van der Waals surface area (Å²) in [6.45, 7) is 3.65. The summed E-state index contributed by atoms with van der Waals surface area (Å²) in [6, 6.07) is -0.954. The van der Waals surface area contributed by atoms with Gasteiger partial charge < -0.3 is 14.3 Å². The predicted octanol–water partition coefficient (Wildman–Crippen LogP) is 0.525. The second kappa shape index (κ2) is 4.57. The molecule has 0 N–H and O–H groups in total. The first-order valence-electron chi connectivity index (χ1n) is 6.88. The molecule has 0 radical (unpaired) electrons. The molecule has 20 heavy (non-hydrogen) atoms. The molecular formula is C13H18N4O3. The molecule has 0 aromatic carbocycles. The Morgan fingerprint density at radius 2 is 1.90 bits per heavy atom. The molecule has 0 unspecified atom stereocenters. The van der Waals surface area contributed by atoms with Crippen LogP contribution in [0.3, 0.4) is 0 Å². The summed E-state index contributed by atoms with van der Waals surface area (Å²) in [7, 11) is 1.65. The van der Waals surface area contributed by atoms with Gasteiger partial charge in [0.2, 0.25) is 17.7 Å². The van der Waals surface area contributed by atoms with Crippen LogP contribution in [0.25, 0.3) is 0 Å². The number of carbonyl (C=O) groups excluding carboxylic acids is 2. The second-order valence-corrected chi connectivity index (χ2v) is 5.59. The van der Waals surface area contributed by atoms with Gasteiger partial charge in [0, 0.05) is 13.0 Å². The van der Waals surface area contributed by atoms with Crippen LogP contribution in [0, 0.1) is 0 Å². The third-order valence-corrected chi connectivity index (χ3v) is 4.13. The Morgan fingerprint density at radius 1 is 1.20 bits per heavy atom. The quantitative estimate of drug-likeness (QED) is 0.805. The summed E-state index contributed by atoms with van der Waals surface area (Å²) in [5, 5.41) is 3.93. The molecule has 1 aromatic rings. The van der Waals surface area contributed by atoms with E-state index in [9.17, 15) is 9.59 Å². The number of aromatic nitrogens is 2. The van der Waals surface area contributed by atoms with Gasteiger partial charge in [0.05, 0.1) is 0 Å². The highest BCUT2D eigenvalue weighted by Gasteiger charge is 2.40. The minimum absolute atomic E-state index is 0.0703. The summed E-state index contributed by atoms with van der Waals surface area (Å²) < 4.78 is 5.18. The average molecular weight is 278 g/mol. The van der Waals surface area contributed by atoms with E-state index in [0.29, 0.717) is 17.6 Å². The van der Waals surface area contributed by atoms with Gasteiger partial charge in [-0.3, -0.25) is 9.59 Å². The number of hydrogen-bond acceptors (Lipinski definition) is 5. The SMILES string of the molecule is C[C@H]1C(=O)N(Cc2nc(C3CC3)no2)[C@@H](C)C(=O)N1C. The van der Waals surface area contributed by atoms with Crippen molar-refractivity contribution in [2.45, 2.75) is 51.2 Å². The van der Waals surface area contributed by atoms with Crippen molar-refractivity contribution in [3.05, 3.63) is 11.7 Å². The van der Waals surface area contributed by atoms with Crippen LogP contribution in [-0.4, -0.2) is 50.9 Å². The Hall–Kier alpha value is -1.92. The summed E-state index contributed by atoms with van der Waals surface area (Å²) in [6.07, 6.45) is 2.19. The highest BCUT2D eigenvalue weighted by molar-refractivity contribution is 5.96. The molecule has 2 aliphatic rings. The number of likely N-dealkylation sites (N-methyl/N-ethyl adjacent to an activating group) is 1. The second-order valence-electron chi connectivity index (χ2n) is 5.59. The zero-order valence-electron chi connectivity index (χ0n) is 11.9. The maximum absolute atomic E-state index is 12.3. The molecule has 7 nitrogen and oxygen atoms in total. The fraction of sp³-hybridized carbons (Fsp3) is 0.692. The van der Waals surface area contributed by atoms with Crippen molar-refractivity contribution in [2.24, 2.45) is 0 Å². The minimum atomic E-state index is -0.500. The number of piperazine rings is 1. The Morgan fingerprint density at radius 3 is 2.55 bits per heavy atom. The molecule has 1 aromatic heterocycles. The monoisotopic (exact) mass is 278 g/mol. The summed E-state index contributed by atoms with van der Waals surface area (Å²) in [5.74, 6) is 1.36. The lowest BCUT2D eigenvalue weighted by Gasteiger charge is -2.40. The van der Waals surface area contributed by atoms with Gasteiger partial charge in [-0.2, -0.15) is 4.98 Å². The van der Waals surface area contributed by atoms with Crippen LogP contribution < -0.4 is 0 Å². The Labute approximate surface area is 116 Å². The molecule has 2 heterocycles. The normalized spacial score (nSPS) is 27.4. The molecular weight excluding hydrogens is 260 g/mol. The first-order chi connectivity index (χ1) is 9.49. The van der Waals surface area contributed by atoms with Crippen LogP contribution in [0.4, 0.5) is 0 Å². The van der Waals surface area contributed by atoms with Crippen molar-refractivity contribution in [1.29, 1.82) is 0 Å². The minimum Gasteiger partial charge on any atom is -0.337 e. The molecule has 3 rings (SSSR count). The molecule has 1 saturated carbocycles. The summed E-state index contributed by atoms with van der Waals surface area (Å²) in [4.78, 5) is 31.7. The molecule has 7 heteroatoms. The lowest BCUT2D eigenvalue weighted by molar-refractivity contribution is -0.159. The maximum atomic E-state index is 12.3. The van der Waals surface area contributed by atoms with Gasteiger partial charge in [0.1, 0.15) is 18.6 Å². The smallest absolute Gasteiger partial charge is 0.246 e. The van der Waals surface area contributed by atoms with Gasteiger partial charge in [-0.05, 0) is 26.7 Å². The Bertz CT molecular complexity index is 552. The number of nitrogens with zero attached hydrogens (tertiary/aromatic N) is 4. The Kier molecular flexibility index (Phi) is 2.99. The fourth-order valence-electron chi connectivity index (χ4n) is 2.42. The first-order valence-corrected chi connectivity index (χ1v) is 6.88. The van der Waals surface area contributed by atoms with E-state index in [1.165, 1.54) is 9.80 Å². The molecule has 2 atom stereocenters. The van der Waals surface area contributed by atoms with Crippen LogP contribution in [0.1, 0.15) is 44.3 Å². The lowest BCUT2D eigenvalue weighted by Crippen LogP contribution is -2.61.